The molecule has 0 aromatic carbocycles. The van der Waals surface area contributed by atoms with Crippen LogP contribution in [0.5, 0.6) is 0 Å². The Balaban J connectivity index is 1.98. The maximum absolute atomic E-state index is 5.56. The molecule has 0 amide bonds. The molecule has 0 N–H and O–H groups in total. The van der Waals surface area contributed by atoms with Crippen LogP contribution in [0, 0.1) is 0 Å². The van der Waals surface area contributed by atoms with Crippen LogP contribution < -0.4 is 0 Å². The first-order valence-electron chi connectivity index (χ1n) is 3.90. The molecule has 10 heavy (non-hydrogen) atoms. The van der Waals surface area contributed by atoms with E-state index in [1.807, 2.05) is 0 Å². The van der Waals surface area contributed by atoms with Crippen LogP contribution in [0.4, 0.5) is 0 Å². The molecule has 0 radical (unpaired) electrons. The fraction of sp³-hybridized carbons (Fsp3) is 1.00. The fourth-order valence-electron chi connectivity index (χ4n) is 1.59. The molecule has 58 valence electrons. The van der Waals surface area contributed by atoms with Crippen LogP contribution in [-0.2, 0) is 9.47 Å². The van der Waals surface area contributed by atoms with Crippen molar-refractivity contribution in [3.63, 3.8) is 0 Å². The number of hydrogen-bond donors (Lipinski definition) is 0. The van der Waals surface area contributed by atoms with Crippen molar-refractivity contribution in [2.24, 2.45) is 0 Å². The molecule has 2 fully saturated rings. The third kappa shape index (κ3) is 1.20. The molecule has 2 rings (SSSR count). The van der Waals surface area contributed by atoms with Gasteiger partial charge >= 0.3 is 0 Å². The summed E-state index contributed by atoms with van der Waals surface area (Å²) in [5.74, 6) is -0.120. The zero-order valence-corrected chi connectivity index (χ0v) is 7.06. The minimum Gasteiger partial charge on any atom is -0.348 e. The van der Waals surface area contributed by atoms with E-state index in [4.69, 9.17) is 9.47 Å². The maximum atomic E-state index is 5.56. The Kier molecular flexibility index (Phi) is 1.94. The van der Waals surface area contributed by atoms with Gasteiger partial charge in [0.15, 0.2) is 5.79 Å². The summed E-state index contributed by atoms with van der Waals surface area (Å²) in [6.45, 7) is 1.62. The lowest BCUT2D eigenvalue weighted by Gasteiger charge is -2.30. The first-order valence-corrected chi connectivity index (χ1v) is 5.31. The van der Waals surface area contributed by atoms with Crippen molar-refractivity contribution in [2.45, 2.75) is 18.6 Å². The van der Waals surface area contributed by atoms with Crippen LogP contribution in [0.3, 0.4) is 0 Å². The summed E-state index contributed by atoms with van der Waals surface area (Å²) >= 11 is 0. The van der Waals surface area contributed by atoms with Gasteiger partial charge in [0.25, 0.3) is 0 Å². The molecule has 2 heterocycles. The average molecular weight is 160 g/mol. The number of ether oxygens (including phenoxy) is 2. The highest BCUT2D eigenvalue weighted by Crippen LogP contribution is 2.36. The third-order valence-electron chi connectivity index (χ3n) is 2.18. The Hall–Kier alpha value is 0.350. The van der Waals surface area contributed by atoms with Gasteiger partial charge < -0.3 is 9.47 Å². The minimum atomic E-state index is -0.120. The first-order chi connectivity index (χ1) is 4.91. The molecule has 2 aliphatic heterocycles. The summed E-state index contributed by atoms with van der Waals surface area (Å²) in [6.07, 6.45) is 4.87. The molecule has 0 bridgehead atoms. The van der Waals surface area contributed by atoms with Crippen molar-refractivity contribution in [2.75, 3.05) is 25.5 Å². The van der Waals surface area contributed by atoms with Crippen LogP contribution in [0.15, 0.2) is 0 Å². The smallest absolute Gasteiger partial charge is 0.169 e. The maximum Gasteiger partial charge on any atom is 0.169 e. The topological polar surface area (TPSA) is 18.5 Å². The molecule has 0 atom stereocenters. The SMILES string of the molecule is C1COC2(CCPCC2)O1. The van der Waals surface area contributed by atoms with Crippen molar-refractivity contribution < 1.29 is 9.47 Å². The normalized spacial score (nSPS) is 31.2. The number of hydrogen-bond acceptors (Lipinski definition) is 2. The molecule has 0 saturated carbocycles. The lowest BCUT2D eigenvalue weighted by Crippen LogP contribution is -2.33. The minimum absolute atomic E-state index is 0.120. The van der Waals surface area contributed by atoms with E-state index in [0.29, 0.717) is 0 Å². The fourth-order valence-corrected chi connectivity index (χ4v) is 2.96. The van der Waals surface area contributed by atoms with E-state index in [1.165, 1.54) is 12.3 Å². The van der Waals surface area contributed by atoms with Crippen molar-refractivity contribution in [3.8, 4) is 0 Å². The highest BCUT2D eigenvalue weighted by atomic mass is 31.1. The summed E-state index contributed by atoms with van der Waals surface area (Å²) in [6, 6.07) is 0. The van der Waals surface area contributed by atoms with Crippen LogP contribution in [0.25, 0.3) is 0 Å². The van der Waals surface area contributed by atoms with Crippen molar-refractivity contribution in [1.82, 2.24) is 0 Å². The predicted octanol–water partition coefficient (Wildman–Crippen LogP) is 1.20. The molecule has 1 spiro atoms. The van der Waals surface area contributed by atoms with E-state index < -0.39 is 0 Å². The predicted molar refractivity (Wildman–Crippen MR) is 41.9 cm³/mol. The van der Waals surface area contributed by atoms with Crippen molar-refractivity contribution >= 4 is 8.58 Å². The second kappa shape index (κ2) is 2.77. The highest BCUT2D eigenvalue weighted by molar-refractivity contribution is 7.38. The van der Waals surface area contributed by atoms with E-state index >= 15 is 0 Å². The van der Waals surface area contributed by atoms with E-state index in [1.54, 1.807) is 0 Å². The lowest BCUT2D eigenvalue weighted by molar-refractivity contribution is -0.161. The largest absolute Gasteiger partial charge is 0.348 e. The van der Waals surface area contributed by atoms with Gasteiger partial charge in [-0.25, -0.2) is 0 Å². The Labute approximate surface area is 63.1 Å². The van der Waals surface area contributed by atoms with Gasteiger partial charge in [-0.3, -0.25) is 0 Å². The van der Waals surface area contributed by atoms with Crippen LogP contribution in [0.1, 0.15) is 12.8 Å². The van der Waals surface area contributed by atoms with Gasteiger partial charge in [0.2, 0.25) is 0 Å². The quantitative estimate of drug-likeness (QED) is 0.496. The summed E-state index contributed by atoms with van der Waals surface area (Å²) in [5, 5.41) is 0. The number of rotatable bonds is 0. The highest BCUT2D eigenvalue weighted by Gasteiger charge is 2.37. The molecule has 0 aliphatic carbocycles. The van der Waals surface area contributed by atoms with Gasteiger partial charge in [-0.1, -0.05) is 0 Å². The van der Waals surface area contributed by atoms with E-state index in [2.05, 4.69) is 0 Å². The van der Waals surface area contributed by atoms with Crippen molar-refractivity contribution in [3.05, 3.63) is 0 Å². The van der Waals surface area contributed by atoms with Crippen LogP contribution >= 0.6 is 8.58 Å². The van der Waals surface area contributed by atoms with Gasteiger partial charge in [0.1, 0.15) is 0 Å². The van der Waals surface area contributed by atoms with Crippen molar-refractivity contribution in [1.29, 1.82) is 0 Å². The zero-order chi connectivity index (χ0) is 6.86. The second-order valence-electron chi connectivity index (χ2n) is 2.86. The monoisotopic (exact) mass is 160 g/mol. The molecular formula is C7H13O2P. The Morgan fingerprint density at radius 1 is 1.00 bits per heavy atom. The molecule has 2 saturated heterocycles. The molecular weight excluding hydrogens is 147 g/mol. The van der Waals surface area contributed by atoms with Gasteiger partial charge in [0, 0.05) is 12.8 Å². The molecule has 0 aromatic rings. The van der Waals surface area contributed by atoms with Crippen LogP contribution in [0.2, 0.25) is 0 Å². The summed E-state index contributed by atoms with van der Waals surface area (Å²) < 4.78 is 11.1. The van der Waals surface area contributed by atoms with E-state index in [0.717, 1.165) is 34.6 Å². The van der Waals surface area contributed by atoms with Gasteiger partial charge in [-0.2, -0.15) is 0 Å². The van der Waals surface area contributed by atoms with Gasteiger partial charge in [-0.05, 0) is 12.3 Å². The molecule has 0 aromatic heterocycles. The van der Waals surface area contributed by atoms with E-state index in [9.17, 15) is 0 Å². The Morgan fingerprint density at radius 3 is 2.20 bits per heavy atom. The summed E-state index contributed by atoms with van der Waals surface area (Å²) in [4.78, 5) is 0. The van der Waals surface area contributed by atoms with E-state index in [-0.39, 0.29) is 5.79 Å². The lowest BCUT2D eigenvalue weighted by atomic mass is 10.1. The third-order valence-corrected chi connectivity index (χ3v) is 3.39. The standard InChI is InChI=1S/C7H13O2P/c1-5-10-6-2-7(1)8-3-4-9-7/h10H,1-6H2. The summed E-state index contributed by atoms with van der Waals surface area (Å²) in [7, 11) is 1.14. The zero-order valence-electron chi connectivity index (χ0n) is 6.06. The van der Waals surface area contributed by atoms with Gasteiger partial charge in [-0.15, -0.1) is 8.58 Å². The molecule has 3 heteroatoms. The Morgan fingerprint density at radius 2 is 1.60 bits per heavy atom. The molecule has 2 nitrogen and oxygen atoms in total. The van der Waals surface area contributed by atoms with Gasteiger partial charge in [0.05, 0.1) is 13.2 Å². The van der Waals surface area contributed by atoms with Crippen LogP contribution in [-0.4, -0.2) is 31.3 Å². The molecule has 2 aliphatic rings. The summed E-state index contributed by atoms with van der Waals surface area (Å²) in [5.41, 5.74) is 0. The Bertz CT molecular complexity index is 113. The average Bonchev–Trinajstić information content (AvgIpc) is 2.39. The second-order valence-corrected chi connectivity index (χ2v) is 4.36. The first kappa shape index (κ1) is 7.02. The molecule has 0 unspecified atom stereocenters.